The van der Waals surface area contributed by atoms with Gasteiger partial charge in [0.25, 0.3) is 0 Å². The summed E-state index contributed by atoms with van der Waals surface area (Å²) in [5.74, 6) is 5.27. The highest BCUT2D eigenvalue weighted by Crippen LogP contribution is 2.00. The lowest BCUT2D eigenvalue weighted by molar-refractivity contribution is -0.671. The Morgan fingerprint density at radius 3 is 3.00 bits per heavy atom. The van der Waals surface area contributed by atoms with Gasteiger partial charge >= 0.3 is 5.91 Å². The lowest BCUT2D eigenvalue weighted by atomic mass is 10.4. The van der Waals surface area contributed by atoms with E-state index in [0.29, 0.717) is 18.1 Å². The van der Waals surface area contributed by atoms with Gasteiger partial charge in [-0.25, -0.2) is 15.0 Å². The number of carbonyl (C=O) groups is 1. The first-order valence-electron chi connectivity index (χ1n) is 4.89. The number of amides is 1. The number of aromatic nitrogens is 6. The second kappa shape index (κ2) is 4.29. The molecule has 0 aromatic carbocycles. The van der Waals surface area contributed by atoms with Crippen LogP contribution in [0.3, 0.4) is 0 Å². The number of hydrogen-bond acceptors (Lipinski definition) is 5. The van der Waals surface area contributed by atoms with Gasteiger partial charge in [0.05, 0.1) is 14.1 Å². The van der Waals surface area contributed by atoms with Gasteiger partial charge in [-0.05, 0) is 5.21 Å². The molecule has 2 heterocycles. The number of nitrogens with one attached hydrogen (secondary N) is 1. The molecule has 2 aromatic heterocycles. The van der Waals surface area contributed by atoms with Crippen LogP contribution in [0.25, 0.3) is 0 Å². The van der Waals surface area contributed by atoms with E-state index in [4.69, 9.17) is 5.84 Å². The van der Waals surface area contributed by atoms with Crippen LogP contribution in [0.15, 0.2) is 12.5 Å². The van der Waals surface area contributed by atoms with E-state index >= 15 is 0 Å². The van der Waals surface area contributed by atoms with Crippen molar-refractivity contribution in [1.29, 1.82) is 0 Å². The van der Waals surface area contributed by atoms with E-state index in [1.165, 1.54) is 4.80 Å². The Morgan fingerprint density at radius 2 is 2.41 bits per heavy atom. The molecule has 0 radical (unpaired) electrons. The summed E-state index contributed by atoms with van der Waals surface area (Å²) < 4.78 is 3.44. The maximum Gasteiger partial charge on any atom is 0.308 e. The molecule has 0 aliphatic heterocycles. The second-order valence-corrected chi connectivity index (χ2v) is 3.59. The summed E-state index contributed by atoms with van der Waals surface area (Å²) in [4.78, 5) is 12.9. The zero-order valence-corrected chi connectivity index (χ0v) is 9.53. The minimum Gasteiger partial charge on any atom is -0.287 e. The van der Waals surface area contributed by atoms with Crippen molar-refractivity contribution >= 4 is 5.91 Å². The zero-order chi connectivity index (χ0) is 12.4. The van der Waals surface area contributed by atoms with Crippen LogP contribution in [0.2, 0.25) is 0 Å². The topological polar surface area (TPSA) is 108 Å². The summed E-state index contributed by atoms with van der Waals surface area (Å²) in [5, 5.41) is 11.6. The van der Waals surface area contributed by atoms with Gasteiger partial charge in [0, 0.05) is 0 Å². The molecule has 1 amide bonds. The summed E-state index contributed by atoms with van der Waals surface area (Å²) in [7, 11) is 3.49. The fourth-order valence-corrected chi connectivity index (χ4v) is 1.51. The van der Waals surface area contributed by atoms with E-state index < -0.39 is 0 Å². The van der Waals surface area contributed by atoms with E-state index in [1.54, 1.807) is 28.7 Å². The molecule has 0 unspecified atom stereocenters. The number of nitrogen functional groups attached to an aromatic ring is 1. The first-order valence-corrected chi connectivity index (χ1v) is 4.89. The maximum absolute atomic E-state index is 11.5. The number of rotatable bonds is 3. The van der Waals surface area contributed by atoms with Crippen molar-refractivity contribution in [3.8, 4) is 0 Å². The largest absolute Gasteiger partial charge is 0.308 e. The molecule has 9 nitrogen and oxygen atoms in total. The summed E-state index contributed by atoms with van der Waals surface area (Å²) in [6, 6.07) is 0. The molecule has 0 aliphatic rings. The standard InChI is InChI=1S/C8H12N8O/c1-14-3-6(8(17)10-9)16(5-14)4-7-11-13-15(2)12-7/h3,5H,4H2,1-2H3,(H2-,9,10,11,12,13,17)/p+1. The van der Waals surface area contributed by atoms with Crippen molar-refractivity contribution in [1.82, 2.24) is 30.2 Å². The molecule has 0 bridgehead atoms. The molecule has 0 saturated heterocycles. The normalized spacial score (nSPS) is 10.5. The van der Waals surface area contributed by atoms with Gasteiger partial charge in [-0.15, -0.1) is 10.2 Å². The van der Waals surface area contributed by atoms with Gasteiger partial charge in [0.15, 0.2) is 6.54 Å². The van der Waals surface area contributed by atoms with Crippen LogP contribution in [-0.4, -0.2) is 30.7 Å². The summed E-state index contributed by atoms with van der Waals surface area (Å²) in [6.07, 6.45) is 3.42. The van der Waals surface area contributed by atoms with Crippen molar-refractivity contribution in [2.45, 2.75) is 6.54 Å². The average Bonchev–Trinajstić information content (AvgIpc) is 2.85. The molecule has 0 spiro atoms. The molecule has 17 heavy (non-hydrogen) atoms. The van der Waals surface area contributed by atoms with Gasteiger partial charge in [-0.2, -0.15) is 4.80 Å². The number of imidazole rings is 1. The van der Waals surface area contributed by atoms with Crippen molar-refractivity contribution < 1.29 is 9.36 Å². The van der Waals surface area contributed by atoms with Crippen LogP contribution in [0.5, 0.6) is 0 Å². The highest BCUT2D eigenvalue weighted by Gasteiger charge is 2.20. The summed E-state index contributed by atoms with van der Waals surface area (Å²) in [6.45, 7) is 0.359. The van der Waals surface area contributed by atoms with E-state index in [2.05, 4.69) is 20.8 Å². The van der Waals surface area contributed by atoms with Crippen LogP contribution in [0.1, 0.15) is 16.3 Å². The minimum atomic E-state index is -0.366. The molecule has 0 aliphatic carbocycles. The molecule has 2 rings (SSSR count). The highest BCUT2D eigenvalue weighted by molar-refractivity contribution is 5.91. The molecular formula is C8H13N8O+. The van der Waals surface area contributed by atoms with Crippen molar-refractivity contribution in [3.63, 3.8) is 0 Å². The molecule has 9 heteroatoms. The van der Waals surface area contributed by atoms with Crippen LogP contribution < -0.4 is 15.8 Å². The van der Waals surface area contributed by atoms with Crippen LogP contribution >= 0.6 is 0 Å². The summed E-state index contributed by atoms with van der Waals surface area (Å²) >= 11 is 0. The van der Waals surface area contributed by atoms with Crippen molar-refractivity contribution in [2.75, 3.05) is 0 Å². The first-order chi connectivity index (χ1) is 8.10. The summed E-state index contributed by atoms with van der Waals surface area (Å²) in [5.41, 5.74) is 2.52. The number of hydrazine groups is 1. The van der Waals surface area contributed by atoms with Gasteiger partial charge < -0.3 is 0 Å². The smallest absolute Gasteiger partial charge is 0.287 e. The monoisotopic (exact) mass is 237 g/mol. The number of hydrogen-bond donors (Lipinski definition) is 2. The minimum absolute atomic E-state index is 0.359. The van der Waals surface area contributed by atoms with E-state index in [1.807, 2.05) is 7.05 Å². The number of tetrazole rings is 1. The predicted octanol–water partition coefficient (Wildman–Crippen LogP) is -2.51. The lowest BCUT2D eigenvalue weighted by Crippen LogP contribution is -2.32. The average molecular weight is 237 g/mol. The SMILES string of the molecule is Cn1nnc(Cn2c[n+](C)cc2C(=O)NN)n1. The number of nitrogens with two attached hydrogens (primary N) is 1. The van der Waals surface area contributed by atoms with E-state index in [9.17, 15) is 4.79 Å². The van der Waals surface area contributed by atoms with Crippen LogP contribution in [0.4, 0.5) is 0 Å². The third kappa shape index (κ3) is 2.28. The second-order valence-electron chi connectivity index (χ2n) is 3.59. The van der Waals surface area contributed by atoms with Crippen molar-refractivity contribution in [2.24, 2.45) is 19.9 Å². The molecule has 2 aromatic rings. The molecule has 90 valence electrons. The van der Waals surface area contributed by atoms with E-state index in [-0.39, 0.29) is 5.91 Å². The molecule has 0 saturated carbocycles. The van der Waals surface area contributed by atoms with Crippen LogP contribution in [0, 0.1) is 0 Å². The van der Waals surface area contributed by atoms with Gasteiger partial charge in [-0.1, -0.05) is 0 Å². The third-order valence-corrected chi connectivity index (χ3v) is 2.18. The molecule has 0 fully saturated rings. The Balaban J connectivity index is 2.29. The Bertz CT molecular complexity index is 541. The quantitative estimate of drug-likeness (QED) is 0.265. The Morgan fingerprint density at radius 1 is 1.65 bits per heavy atom. The lowest BCUT2D eigenvalue weighted by Gasteiger charge is -1.96. The van der Waals surface area contributed by atoms with Gasteiger partial charge in [0.2, 0.25) is 17.8 Å². The zero-order valence-electron chi connectivity index (χ0n) is 9.53. The van der Waals surface area contributed by atoms with Gasteiger partial charge in [0.1, 0.15) is 6.20 Å². The first kappa shape index (κ1) is 11.2. The fourth-order valence-electron chi connectivity index (χ4n) is 1.51. The predicted molar refractivity (Wildman–Crippen MR) is 55.2 cm³/mol. The number of carbonyl (C=O) groups excluding carboxylic acids is 1. The third-order valence-electron chi connectivity index (χ3n) is 2.18. The molecule has 3 N–H and O–H groups in total. The molecule has 0 atom stereocenters. The number of aryl methyl sites for hydroxylation is 2. The fraction of sp³-hybridized carbons (Fsp3) is 0.375. The Hall–Kier alpha value is -2.29. The Labute approximate surface area is 96.8 Å². The highest BCUT2D eigenvalue weighted by atomic mass is 16.2. The van der Waals surface area contributed by atoms with Crippen LogP contribution in [-0.2, 0) is 20.6 Å². The number of nitrogens with zero attached hydrogens (tertiary/aromatic N) is 6. The van der Waals surface area contributed by atoms with E-state index in [0.717, 1.165) is 0 Å². The van der Waals surface area contributed by atoms with Gasteiger partial charge in [-0.3, -0.25) is 10.2 Å². The molecular weight excluding hydrogens is 224 g/mol. The van der Waals surface area contributed by atoms with Crippen molar-refractivity contribution in [3.05, 3.63) is 24.0 Å². The Kier molecular flexibility index (Phi) is 2.83. The maximum atomic E-state index is 11.5.